The van der Waals surface area contributed by atoms with Gasteiger partial charge in [-0.1, -0.05) is 25.1 Å². The van der Waals surface area contributed by atoms with Crippen LogP contribution in [0.5, 0.6) is 0 Å². The fraction of sp³-hybridized carbons (Fsp3) is 0.529. The molecule has 15 heteroatoms. The average Bonchev–Trinajstić information content (AvgIpc) is 3.55. The summed E-state index contributed by atoms with van der Waals surface area (Å²) in [6.07, 6.45) is 2.44. The van der Waals surface area contributed by atoms with E-state index in [1.165, 1.54) is 10.9 Å². The number of carbonyl (C=O) groups is 1. The minimum Gasteiger partial charge on any atom is -0.363 e. The molecule has 1 N–H and O–H groups in total. The standard InChI is InChI=1S/C34H46N9O5P/c1-10-34-20-42(27-18-26(40(8)9)36-21-37-27)28(29(34)48-49(46-17-16-35-7)43(22(2)3)23(4)5)32(47-34)41-19-24(6)30(39-33(41)45)38-31(44)25-14-12-11-13-15-25/h11-15,18-19,21-23,28-29,32H,10,16-17,20H2,1-6,8-9H3,(H,38,39,44,45)/t28-,29+,32-,34+,49?/m1/s1. The zero-order valence-electron chi connectivity index (χ0n) is 29.4. The minimum atomic E-state index is -1.63. The Labute approximate surface area is 289 Å². The number of nitrogens with zero attached hydrogens (tertiary/aromatic N) is 8. The van der Waals surface area contributed by atoms with Gasteiger partial charge in [0.2, 0.25) is 6.54 Å². The first-order valence-electron chi connectivity index (χ1n) is 16.5. The molecule has 2 aliphatic heterocycles. The average molecular weight is 692 g/mol. The van der Waals surface area contributed by atoms with Gasteiger partial charge in [-0.3, -0.25) is 9.36 Å². The molecule has 1 aromatic carbocycles. The van der Waals surface area contributed by atoms with Crippen LogP contribution in [0, 0.1) is 13.5 Å². The molecule has 1 amide bonds. The molecule has 4 heterocycles. The Morgan fingerprint density at radius 2 is 1.92 bits per heavy atom. The summed E-state index contributed by atoms with van der Waals surface area (Å²) in [7, 11) is 2.20. The van der Waals surface area contributed by atoms with Crippen LogP contribution in [0.25, 0.3) is 4.85 Å². The highest BCUT2D eigenvalue weighted by atomic mass is 31.2. The van der Waals surface area contributed by atoms with Gasteiger partial charge >= 0.3 is 5.69 Å². The number of ether oxygens (including phenoxy) is 1. The Morgan fingerprint density at radius 3 is 2.55 bits per heavy atom. The highest BCUT2D eigenvalue weighted by molar-refractivity contribution is 7.44. The lowest BCUT2D eigenvalue weighted by molar-refractivity contribution is -0.104. The molecule has 2 bridgehead atoms. The van der Waals surface area contributed by atoms with Crippen molar-refractivity contribution in [2.75, 3.05) is 48.9 Å². The van der Waals surface area contributed by atoms with E-state index < -0.39 is 38.2 Å². The third kappa shape index (κ3) is 7.46. The van der Waals surface area contributed by atoms with E-state index in [0.717, 1.165) is 5.82 Å². The van der Waals surface area contributed by atoms with E-state index in [2.05, 4.69) is 62.4 Å². The lowest BCUT2D eigenvalue weighted by atomic mass is 9.96. The van der Waals surface area contributed by atoms with Gasteiger partial charge in [-0.15, -0.1) is 0 Å². The molecule has 2 fully saturated rings. The van der Waals surface area contributed by atoms with Crippen LogP contribution in [0.3, 0.4) is 0 Å². The Balaban J connectivity index is 1.57. The maximum Gasteiger partial charge on any atom is 0.351 e. The lowest BCUT2D eigenvalue weighted by Gasteiger charge is -2.38. The Bertz CT molecular complexity index is 1710. The van der Waals surface area contributed by atoms with Gasteiger partial charge in [-0.05, 0) is 53.2 Å². The number of fused-ring (bicyclic) bond motifs is 2. The van der Waals surface area contributed by atoms with Gasteiger partial charge in [0.05, 0.1) is 6.54 Å². The summed E-state index contributed by atoms with van der Waals surface area (Å²) in [6.45, 7) is 20.4. The van der Waals surface area contributed by atoms with Crippen LogP contribution in [-0.2, 0) is 13.8 Å². The lowest BCUT2D eigenvalue weighted by Crippen LogP contribution is -2.48. The summed E-state index contributed by atoms with van der Waals surface area (Å²) in [4.78, 5) is 47.6. The van der Waals surface area contributed by atoms with Crippen molar-refractivity contribution in [1.29, 1.82) is 0 Å². The van der Waals surface area contributed by atoms with E-state index in [0.29, 0.717) is 29.9 Å². The highest BCUT2D eigenvalue weighted by Gasteiger charge is 2.66. The minimum absolute atomic E-state index is 0.0983. The van der Waals surface area contributed by atoms with Crippen molar-refractivity contribution in [1.82, 2.24) is 24.2 Å². The maximum absolute atomic E-state index is 13.8. The highest BCUT2D eigenvalue weighted by Crippen LogP contribution is 2.57. The van der Waals surface area contributed by atoms with Crippen LogP contribution in [0.4, 0.5) is 17.5 Å². The van der Waals surface area contributed by atoms with E-state index >= 15 is 0 Å². The predicted octanol–water partition coefficient (Wildman–Crippen LogP) is 4.89. The molecule has 0 spiro atoms. The molecule has 5 atom stereocenters. The van der Waals surface area contributed by atoms with Crippen LogP contribution in [0.2, 0.25) is 0 Å². The number of aryl methyl sites for hydroxylation is 1. The molecule has 14 nitrogen and oxygen atoms in total. The van der Waals surface area contributed by atoms with Crippen LogP contribution in [-0.4, -0.2) is 93.7 Å². The first-order valence-corrected chi connectivity index (χ1v) is 17.6. The molecule has 262 valence electrons. The van der Waals surface area contributed by atoms with Gasteiger partial charge in [-0.25, -0.2) is 26.0 Å². The SMILES string of the molecule is [C-]#[N+]CCOP(O[C@H]1[C@@H]2[C@H](n3cc(C)c(NC(=O)c4ccccc4)nc3=O)O[C@@]1(CC)CN2c1cc(N(C)C)ncn1)N(C(C)C)C(C)C. The molecule has 0 radical (unpaired) electrons. The second kappa shape index (κ2) is 15.3. The number of nitrogens with one attached hydrogen (secondary N) is 1. The van der Waals surface area contributed by atoms with Gasteiger partial charge in [0.1, 0.15) is 48.1 Å². The molecular formula is C34H46N9O5P. The van der Waals surface area contributed by atoms with E-state index in [1.807, 2.05) is 38.1 Å². The van der Waals surface area contributed by atoms with Crippen molar-refractivity contribution in [3.05, 3.63) is 82.0 Å². The van der Waals surface area contributed by atoms with Crippen molar-refractivity contribution in [3.63, 3.8) is 0 Å². The molecule has 2 saturated heterocycles. The smallest absolute Gasteiger partial charge is 0.351 e. The quantitative estimate of drug-likeness (QED) is 0.141. The molecule has 5 rings (SSSR count). The molecule has 3 aromatic rings. The Morgan fingerprint density at radius 1 is 1.20 bits per heavy atom. The number of morpholine rings is 1. The summed E-state index contributed by atoms with van der Waals surface area (Å²) < 4.78 is 23.9. The van der Waals surface area contributed by atoms with Gasteiger partial charge in [-0.2, -0.15) is 4.98 Å². The second-order valence-electron chi connectivity index (χ2n) is 13.0. The summed E-state index contributed by atoms with van der Waals surface area (Å²) >= 11 is 0. The third-order valence-corrected chi connectivity index (χ3v) is 10.9. The van der Waals surface area contributed by atoms with Crippen LogP contribution >= 0.6 is 8.53 Å². The van der Waals surface area contributed by atoms with E-state index in [9.17, 15) is 9.59 Å². The van der Waals surface area contributed by atoms with Crippen LogP contribution in [0.1, 0.15) is 63.2 Å². The first kappa shape index (κ1) is 36.3. The number of benzene rings is 1. The fourth-order valence-electron chi connectivity index (χ4n) is 6.46. The molecular weight excluding hydrogens is 645 g/mol. The molecule has 49 heavy (non-hydrogen) atoms. The number of hydrogen-bond acceptors (Lipinski definition) is 11. The van der Waals surface area contributed by atoms with Gasteiger partial charge in [0, 0.05) is 49.6 Å². The van der Waals surface area contributed by atoms with Crippen molar-refractivity contribution in [2.45, 2.75) is 84.0 Å². The third-order valence-electron chi connectivity index (χ3n) is 8.80. The van der Waals surface area contributed by atoms with E-state index in [4.69, 9.17) is 20.4 Å². The summed E-state index contributed by atoms with van der Waals surface area (Å²) in [6, 6.07) is 10.4. The fourth-order valence-corrected chi connectivity index (χ4v) is 8.26. The normalized spacial score (nSPS) is 22.2. The van der Waals surface area contributed by atoms with Crippen molar-refractivity contribution < 1.29 is 18.6 Å². The zero-order chi connectivity index (χ0) is 35.5. The summed E-state index contributed by atoms with van der Waals surface area (Å²) in [5, 5.41) is 2.78. The number of anilines is 3. The van der Waals surface area contributed by atoms with E-state index in [1.54, 1.807) is 37.4 Å². The number of carbonyl (C=O) groups excluding carboxylic acids is 1. The van der Waals surface area contributed by atoms with Crippen LogP contribution in [0.15, 0.2) is 53.7 Å². The monoisotopic (exact) mass is 691 g/mol. The van der Waals surface area contributed by atoms with Gasteiger partial charge in [0.15, 0.2) is 6.23 Å². The molecule has 2 aliphatic rings. The van der Waals surface area contributed by atoms with Crippen molar-refractivity contribution in [2.24, 2.45) is 0 Å². The number of rotatable bonds is 14. The van der Waals surface area contributed by atoms with Gasteiger partial charge < -0.3 is 33.7 Å². The van der Waals surface area contributed by atoms with Crippen LogP contribution < -0.4 is 20.8 Å². The number of hydrogen-bond donors (Lipinski definition) is 1. The molecule has 0 aliphatic carbocycles. The van der Waals surface area contributed by atoms with E-state index in [-0.39, 0.29) is 37.0 Å². The predicted molar refractivity (Wildman–Crippen MR) is 190 cm³/mol. The largest absolute Gasteiger partial charge is 0.363 e. The summed E-state index contributed by atoms with van der Waals surface area (Å²) in [5.41, 5.74) is -0.360. The molecule has 0 saturated carbocycles. The maximum atomic E-state index is 13.8. The van der Waals surface area contributed by atoms with Gasteiger partial charge in [0.25, 0.3) is 14.4 Å². The Hall–Kier alpha value is -3.99. The number of aromatic nitrogens is 4. The molecule has 1 unspecified atom stereocenters. The number of amides is 1. The van der Waals surface area contributed by atoms with Crippen molar-refractivity contribution >= 4 is 31.9 Å². The first-order chi connectivity index (χ1) is 23.4. The van der Waals surface area contributed by atoms with Crippen molar-refractivity contribution in [3.8, 4) is 0 Å². The topological polar surface area (TPSA) is 132 Å². The second-order valence-corrected chi connectivity index (χ2v) is 14.4. The Kier molecular flexibility index (Phi) is 11.3. The molecule has 2 aromatic heterocycles. The zero-order valence-corrected chi connectivity index (χ0v) is 30.3. The summed E-state index contributed by atoms with van der Waals surface area (Å²) in [5.74, 6) is 1.23.